The van der Waals surface area contributed by atoms with Gasteiger partial charge in [0.05, 0.1) is 0 Å². The van der Waals surface area contributed by atoms with E-state index in [0.29, 0.717) is 23.6 Å². The summed E-state index contributed by atoms with van der Waals surface area (Å²) < 4.78 is 11.5. The van der Waals surface area contributed by atoms with Crippen LogP contribution in [-0.2, 0) is 4.79 Å². The third-order valence-corrected chi connectivity index (χ3v) is 4.60. The first-order chi connectivity index (χ1) is 13.6. The molecule has 6 nitrogen and oxygen atoms in total. The van der Waals surface area contributed by atoms with Crippen LogP contribution in [0.25, 0.3) is 6.08 Å². The molecule has 0 aliphatic carbocycles. The Kier molecular flexibility index (Phi) is 6.71. The van der Waals surface area contributed by atoms with E-state index >= 15 is 0 Å². The van der Waals surface area contributed by atoms with E-state index in [2.05, 4.69) is 26.6 Å². The summed E-state index contributed by atoms with van der Waals surface area (Å²) in [7, 11) is 0. The maximum absolute atomic E-state index is 12.6. The van der Waals surface area contributed by atoms with Gasteiger partial charge in [-0.3, -0.25) is 9.59 Å². The number of amides is 2. The molecule has 0 atom stereocenters. The van der Waals surface area contributed by atoms with Gasteiger partial charge in [-0.15, -0.1) is 0 Å². The van der Waals surface area contributed by atoms with Gasteiger partial charge in [0.25, 0.3) is 11.8 Å². The monoisotopic (exact) mass is 444 g/mol. The molecule has 28 heavy (non-hydrogen) atoms. The normalized spacial score (nSPS) is 12.6. The average molecular weight is 445 g/mol. The Balaban J connectivity index is 1.84. The first-order valence-corrected chi connectivity index (χ1v) is 9.82. The fourth-order valence-electron chi connectivity index (χ4n) is 2.63. The number of carbonyl (C=O) groups excluding carboxylic acids is 2. The zero-order valence-corrected chi connectivity index (χ0v) is 17.0. The smallest absolute Gasteiger partial charge is 0.267 e. The number of nitrogens with one attached hydrogen (secondary N) is 2. The van der Waals surface area contributed by atoms with Gasteiger partial charge < -0.3 is 20.1 Å². The van der Waals surface area contributed by atoms with Gasteiger partial charge in [0.1, 0.15) is 5.70 Å². The lowest BCUT2D eigenvalue weighted by atomic mass is 10.1. The Morgan fingerprint density at radius 2 is 1.96 bits per heavy atom. The molecular weight excluding hydrogens is 424 g/mol. The molecule has 2 aromatic rings. The molecular formula is C21H21BrN2O4. The highest BCUT2D eigenvalue weighted by Crippen LogP contribution is 2.33. The number of hydrogen-bond donors (Lipinski definition) is 2. The topological polar surface area (TPSA) is 76.7 Å². The first kappa shape index (κ1) is 19.9. The van der Waals surface area contributed by atoms with Gasteiger partial charge in [0.15, 0.2) is 11.5 Å². The second-order valence-corrected chi connectivity index (χ2v) is 7.16. The number of ether oxygens (including phenoxy) is 2. The van der Waals surface area contributed by atoms with Gasteiger partial charge in [-0.05, 0) is 48.4 Å². The number of fused-ring (bicyclic) bond motifs is 1. The summed E-state index contributed by atoms with van der Waals surface area (Å²) in [5, 5.41) is 5.56. The number of rotatable bonds is 7. The Morgan fingerprint density at radius 1 is 1.14 bits per heavy atom. The Bertz CT molecular complexity index is 911. The average Bonchev–Trinajstić information content (AvgIpc) is 3.15. The van der Waals surface area contributed by atoms with Crippen molar-refractivity contribution in [2.24, 2.45) is 0 Å². The molecule has 3 rings (SSSR count). The molecule has 2 N–H and O–H groups in total. The highest BCUT2D eigenvalue weighted by atomic mass is 79.9. The summed E-state index contributed by atoms with van der Waals surface area (Å²) in [6, 6.07) is 12.3. The molecule has 0 bridgehead atoms. The van der Waals surface area contributed by atoms with E-state index in [-0.39, 0.29) is 24.3 Å². The highest BCUT2D eigenvalue weighted by molar-refractivity contribution is 9.10. The number of halogens is 1. The Hall–Kier alpha value is -2.80. The summed E-state index contributed by atoms with van der Waals surface area (Å²) in [5.41, 5.74) is 1.34. The Morgan fingerprint density at radius 3 is 2.75 bits per heavy atom. The predicted molar refractivity (Wildman–Crippen MR) is 110 cm³/mol. The molecule has 0 saturated carbocycles. The van der Waals surface area contributed by atoms with Crippen molar-refractivity contribution in [2.45, 2.75) is 19.8 Å². The van der Waals surface area contributed by atoms with Gasteiger partial charge in [-0.25, -0.2) is 0 Å². The molecule has 0 radical (unpaired) electrons. The van der Waals surface area contributed by atoms with Crippen molar-refractivity contribution < 1.29 is 19.1 Å². The van der Waals surface area contributed by atoms with Gasteiger partial charge in [0, 0.05) is 16.6 Å². The van der Waals surface area contributed by atoms with Gasteiger partial charge >= 0.3 is 0 Å². The van der Waals surface area contributed by atoms with Gasteiger partial charge in [-0.1, -0.05) is 41.4 Å². The van der Waals surface area contributed by atoms with Crippen molar-refractivity contribution in [1.82, 2.24) is 10.6 Å². The van der Waals surface area contributed by atoms with E-state index in [9.17, 15) is 9.59 Å². The predicted octanol–water partition coefficient (Wildman–Crippen LogP) is 3.87. The van der Waals surface area contributed by atoms with Crippen molar-refractivity contribution in [2.75, 3.05) is 13.3 Å². The quantitative estimate of drug-likeness (QED) is 0.501. The van der Waals surface area contributed by atoms with Crippen molar-refractivity contribution in [3.8, 4) is 11.5 Å². The summed E-state index contributed by atoms with van der Waals surface area (Å²) in [5.74, 6) is 0.565. The third kappa shape index (κ3) is 5.13. The molecule has 0 spiro atoms. The van der Waals surface area contributed by atoms with E-state index in [1.54, 1.807) is 42.5 Å². The molecule has 0 fully saturated rings. The maximum Gasteiger partial charge on any atom is 0.267 e. The molecule has 7 heteroatoms. The molecule has 0 aromatic heterocycles. The summed E-state index contributed by atoms with van der Waals surface area (Å²) >= 11 is 3.35. The minimum Gasteiger partial charge on any atom is -0.454 e. The molecule has 1 aliphatic heterocycles. The van der Waals surface area contributed by atoms with E-state index < -0.39 is 0 Å². The fraction of sp³-hybridized carbons (Fsp3) is 0.238. The van der Waals surface area contributed by atoms with Crippen LogP contribution < -0.4 is 20.1 Å². The van der Waals surface area contributed by atoms with Crippen molar-refractivity contribution in [3.05, 3.63) is 63.8 Å². The number of hydrogen-bond acceptors (Lipinski definition) is 4. The molecule has 1 aliphatic rings. The number of carbonyl (C=O) groups is 2. The van der Waals surface area contributed by atoms with Crippen molar-refractivity contribution >= 4 is 33.8 Å². The highest BCUT2D eigenvalue weighted by Gasteiger charge is 2.17. The van der Waals surface area contributed by atoms with Crippen LogP contribution in [0, 0.1) is 0 Å². The lowest BCUT2D eigenvalue weighted by molar-refractivity contribution is -0.117. The van der Waals surface area contributed by atoms with Gasteiger partial charge in [-0.2, -0.15) is 0 Å². The van der Waals surface area contributed by atoms with E-state index in [4.69, 9.17) is 9.47 Å². The van der Waals surface area contributed by atoms with E-state index in [1.165, 1.54) is 0 Å². The zero-order chi connectivity index (χ0) is 19.9. The van der Waals surface area contributed by atoms with Crippen LogP contribution in [0.15, 0.2) is 52.6 Å². The molecule has 0 unspecified atom stereocenters. The first-order valence-electron chi connectivity index (χ1n) is 9.03. The molecule has 0 saturated heterocycles. The van der Waals surface area contributed by atoms with E-state index in [0.717, 1.165) is 22.9 Å². The van der Waals surface area contributed by atoms with Crippen LogP contribution >= 0.6 is 15.9 Å². The summed E-state index contributed by atoms with van der Waals surface area (Å²) in [4.78, 5) is 25.3. The fourth-order valence-corrected chi connectivity index (χ4v) is 3.03. The van der Waals surface area contributed by atoms with Crippen LogP contribution in [-0.4, -0.2) is 25.2 Å². The number of unbranched alkanes of at least 4 members (excludes halogenated alkanes) is 1. The van der Waals surface area contributed by atoms with Crippen molar-refractivity contribution in [1.29, 1.82) is 0 Å². The van der Waals surface area contributed by atoms with Crippen LogP contribution in [0.2, 0.25) is 0 Å². The van der Waals surface area contributed by atoms with Crippen LogP contribution in [0.1, 0.15) is 35.7 Å². The lowest BCUT2D eigenvalue weighted by Crippen LogP contribution is -2.35. The minimum absolute atomic E-state index is 0.167. The lowest BCUT2D eigenvalue weighted by Gasteiger charge is -2.11. The molecule has 2 amide bonds. The van der Waals surface area contributed by atoms with Crippen LogP contribution in [0.3, 0.4) is 0 Å². The molecule has 2 aromatic carbocycles. The summed E-state index contributed by atoms with van der Waals surface area (Å²) in [6.07, 6.45) is 3.45. The van der Waals surface area contributed by atoms with Crippen molar-refractivity contribution in [3.63, 3.8) is 0 Å². The molecule has 1 heterocycles. The number of benzene rings is 2. The minimum atomic E-state index is -0.362. The second-order valence-electron chi connectivity index (χ2n) is 6.24. The maximum atomic E-state index is 12.6. The summed E-state index contributed by atoms with van der Waals surface area (Å²) in [6.45, 7) is 2.76. The molecule has 146 valence electrons. The van der Waals surface area contributed by atoms with Gasteiger partial charge in [0.2, 0.25) is 6.79 Å². The SMILES string of the molecule is CCCCNC(=O)C(=Cc1ccc2c(c1)OCO2)NC(=O)c1cccc(Br)c1. The standard InChI is InChI=1S/C21H21BrN2O4/c1-2-3-9-23-21(26)17(24-20(25)15-5-4-6-16(22)12-15)10-14-7-8-18-19(11-14)28-13-27-18/h4-8,10-12H,2-3,9,13H2,1H3,(H,23,26)(H,24,25). The second kappa shape index (κ2) is 9.41. The van der Waals surface area contributed by atoms with Crippen LogP contribution in [0.5, 0.6) is 11.5 Å². The third-order valence-electron chi connectivity index (χ3n) is 4.10. The van der Waals surface area contributed by atoms with Crippen LogP contribution in [0.4, 0.5) is 0 Å². The largest absolute Gasteiger partial charge is 0.454 e. The zero-order valence-electron chi connectivity index (χ0n) is 15.5. The Labute approximate surface area is 172 Å². The van der Waals surface area contributed by atoms with E-state index in [1.807, 2.05) is 13.0 Å².